The fourth-order valence-corrected chi connectivity index (χ4v) is 12.7. The molecule has 2 aromatic carbocycles. The standard InChI is InChI=1S/C40H50N2O4/c1-38(2)33-15-13-29-31-14-16-36(43)39(31,3)19-17-32(29)40(33,4)35-21-34(38)42(35)46-24-18-20-41(22-24)37(44)45-23-30-27-11-7-5-9-25(27)26-10-6-8-12-28(26)30/h5-12,24,29-35H,13-23H2,1-4H3/t24-,29+,31+,32+,33?,34?,35?,39+,40-/m1/s1. The van der Waals surface area contributed by atoms with Crippen LogP contribution in [-0.4, -0.2) is 59.7 Å². The van der Waals surface area contributed by atoms with Gasteiger partial charge in [0.25, 0.3) is 0 Å². The van der Waals surface area contributed by atoms with Crippen molar-refractivity contribution in [3.8, 4) is 11.1 Å². The number of nitrogens with zero attached hydrogens (tertiary/aromatic N) is 2. The lowest BCUT2D eigenvalue weighted by molar-refractivity contribution is -0.386. The van der Waals surface area contributed by atoms with E-state index in [1.165, 1.54) is 47.9 Å². The van der Waals surface area contributed by atoms with Gasteiger partial charge in [0.1, 0.15) is 12.4 Å². The Kier molecular flexibility index (Phi) is 6.50. The number of carbonyl (C=O) groups excluding carboxylic acids is 2. The number of ether oxygens (including phenoxy) is 1. The van der Waals surface area contributed by atoms with Crippen molar-refractivity contribution >= 4 is 11.9 Å². The van der Waals surface area contributed by atoms with Gasteiger partial charge in [0, 0.05) is 36.4 Å². The Morgan fingerprint density at radius 3 is 2.33 bits per heavy atom. The van der Waals surface area contributed by atoms with E-state index in [0.29, 0.717) is 61.2 Å². The SMILES string of the molecule is CC1(C)C2CC(N2O[C@@H]2CCN(C(=O)OCC3c4ccccc4-c4ccccc43)C2)[C@@]2(C)C1CC[C@@H]1[C@@H]2CC[C@]2(C)C(=O)CC[C@@H]12. The van der Waals surface area contributed by atoms with Gasteiger partial charge >= 0.3 is 6.09 Å². The molecule has 2 saturated heterocycles. The molecular formula is C40H50N2O4. The number of rotatable bonds is 4. The van der Waals surface area contributed by atoms with Crippen LogP contribution in [0.1, 0.15) is 96.1 Å². The van der Waals surface area contributed by atoms with Gasteiger partial charge in [0.2, 0.25) is 0 Å². The molecule has 0 spiro atoms. The molecule has 6 nitrogen and oxygen atoms in total. The number of likely N-dealkylation sites (tertiary alicyclic amines) is 1. The lowest BCUT2D eigenvalue weighted by Crippen LogP contribution is -2.78. The first kappa shape index (κ1) is 29.4. The first-order chi connectivity index (χ1) is 22.1. The van der Waals surface area contributed by atoms with Gasteiger partial charge in [0.15, 0.2) is 0 Å². The first-order valence-electron chi connectivity index (χ1n) is 18.2. The topological polar surface area (TPSA) is 59.1 Å². The Morgan fingerprint density at radius 1 is 0.870 bits per heavy atom. The largest absolute Gasteiger partial charge is 0.448 e. The molecular weight excluding hydrogens is 572 g/mol. The number of amides is 1. The highest BCUT2D eigenvalue weighted by atomic mass is 16.7. The van der Waals surface area contributed by atoms with Gasteiger partial charge in [-0.25, -0.2) is 4.79 Å². The van der Waals surface area contributed by atoms with Crippen molar-refractivity contribution in [3.05, 3.63) is 59.7 Å². The van der Waals surface area contributed by atoms with Gasteiger partial charge in [-0.05, 0) is 102 Å². The van der Waals surface area contributed by atoms with E-state index >= 15 is 0 Å². The first-order valence-corrected chi connectivity index (χ1v) is 18.2. The second-order valence-corrected chi connectivity index (χ2v) is 17.0. The highest BCUT2D eigenvalue weighted by Gasteiger charge is 2.72. The molecule has 0 radical (unpaired) electrons. The minimum atomic E-state index is -0.226. The van der Waals surface area contributed by atoms with Crippen LogP contribution in [-0.2, 0) is 14.4 Å². The van der Waals surface area contributed by atoms with Gasteiger partial charge < -0.3 is 9.64 Å². The summed E-state index contributed by atoms with van der Waals surface area (Å²) in [4.78, 5) is 35.2. The molecule has 4 saturated carbocycles. The van der Waals surface area contributed by atoms with Gasteiger partial charge in [-0.2, -0.15) is 5.06 Å². The molecule has 7 aliphatic rings. The molecule has 2 bridgehead atoms. The van der Waals surface area contributed by atoms with E-state index in [9.17, 15) is 9.59 Å². The normalized spacial score (nSPS) is 40.4. The van der Waals surface area contributed by atoms with Crippen LogP contribution < -0.4 is 0 Å². The molecule has 0 aromatic heterocycles. The van der Waals surface area contributed by atoms with Crippen LogP contribution in [0.25, 0.3) is 11.1 Å². The number of carbonyl (C=O) groups is 2. The molecule has 1 amide bonds. The number of hydrogen-bond donors (Lipinski definition) is 0. The third-order valence-electron chi connectivity index (χ3n) is 15.0. The molecule has 6 fully saturated rings. The molecule has 6 heteroatoms. The van der Waals surface area contributed by atoms with Crippen molar-refractivity contribution in [2.45, 2.75) is 103 Å². The number of hydroxylamine groups is 2. The van der Waals surface area contributed by atoms with Crippen LogP contribution in [0.2, 0.25) is 0 Å². The fraction of sp³-hybridized carbons (Fsp3) is 0.650. The van der Waals surface area contributed by atoms with Gasteiger partial charge in [-0.15, -0.1) is 0 Å². The second-order valence-electron chi connectivity index (χ2n) is 17.0. The van der Waals surface area contributed by atoms with E-state index in [2.05, 4.69) is 81.3 Å². The zero-order valence-electron chi connectivity index (χ0n) is 28.0. The van der Waals surface area contributed by atoms with Gasteiger partial charge in [0.05, 0.1) is 12.6 Å². The quantitative estimate of drug-likeness (QED) is 0.348. The summed E-state index contributed by atoms with van der Waals surface area (Å²) in [5, 5.41) is 2.42. The van der Waals surface area contributed by atoms with Crippen molar-refractivity contribution in [1.29, 1.82) is 0 Å². The lowest BCUT2D eigenvalue weighted by Gasteiger charge is -2.75. The molecule has 5 aliphatic carbocycles. The number of fused-ring (bicyclic) bond motifs is 11. The minimum absolute atomic E-state index is 0.00298. The van der Waals surface area contributed by atoms with E-state index in [0.717, 1.165) is 25.7 Å². The summed E-state index contributed by atoms with van der Waals surface area (Å²) in [6.07, 6.45) is 8.53. The summed E-state index contributed by atoms with van der Waals surface area (Å²) in [7, 11) is 0. The highest BCUT2D eigenvalue weighted by molar-refractivity contribution is 5.87. The zero-order valence-corrected chi connectivity index (χ0v) is 28.0. The number of piperidine rings is 1. The molecule has 2 aromatic rings. The molecule has 2 heterocycles. The smallest absolute Gasteiger partial charge is 0.409 e. The minimum Gasteiger partial charge on any atom is -0.448 e. The second kappa shape index (κ2) is 10.2. The maximum Gasteiger partial charge on any atom is 0.409 e. The van der Waals surface area contributed by atoms with Crippen LogP contribution in [0, 0.1) is 39.9 Å². The zero-order chi connectivity index (χ0) is 31.6. The highest BCUT2D eigenvalue weighted by Crippen LogP contribution is 2.72. The van der Waals surface area contributed by atoms with Crippen LogP contribution in [0.4, 0.5) is 4.79 Å². The summed E-state index contributed by atoms with van der Waals surface area (Å²) in [5.74, 6) is 3.17. The fourth-order valence-electron chi connectivity index (χ4n) is 12.7. The molecule has 2 aliphatic heterocycles. The van der Waals surface area contributed by atoms with E-state index in [1.54, 1.807) is 0 Å². The van der Waals surface area contributed by atoms with E-state index < -0.39 is 0 Å². The number of benzene rings is 2. The van der Waals surface area contributed by atoms with Gasteiger partial charge in [-0.3, -0.25) is 9.63 Å². The molecule has 0 N–H and O–H groups in total. The molecule has 9 rings (SSSR count). The summed E-state index contributed by atoms with van der Waals surface area (Å²) in [6.45, 7) is 11.5. The van der Waals surface area contributed by atoms with Crippen molar-refractivity contribution in [2.75, 3.05) is 19.7 Å². The summed E-state index contributed by atoms with van der Waals surface area (Å²) in [5.41, 5.74) is 5.26. The Bertz CT molecular complexity index is 1540. The van der Waals surface area contributed by atoms with E-state index in [1.807, 2.05) is 4.90 Å². The summed E-state index contributed by atoms with van der Waals surface area (Å²) < 4.78 is 6.01. The van der Waals surface area contributed by atoms with Crippen molar-refractivity contribution in [3.63, 3.8) is 0 Å². The maximum atomic E-state index is 13.4. The molecule has 9 atom stereocenters. The summed E-state index contributed by atoms with van der Waals surface area (Å²) in [6, 6.07) is 17.8. The summed E-state index contributed by atoms with van der Waals surface area (Å²) >= 11 is 0. The predicted molar refractivity (Wildman–Crippen MR) is 177 cm³/mol. The van der Waals surface area contributed by atoms with Crippen LogP contribution in [0.15, 0.2) is 48.5 Å². The van der Waals surface area contributed by atoms with Crippen molar-refractivity contribution in [2.24, 2.45) is 39.9 Å². The van der Waals surface area contributed by atoms with Crippen LogP contribution in [0.5, 0.6) is 0 Å². The van der Waals surface area contributed by atoms with E-state index in [-0.39, 0.29) is 34.4 Å². The Hall–Kier alpha value is -2.70. The Morgan fingerprint density at radius 2 is 1.59 bits per heavy atom. The third-order valence-corrected chi connectivity index (χ3v) is 15.0. The van der Waals surface area contributed by atoms with Crippen LogP contribution in [0.3, 0.4) is 0 Å². The van der Waals surface area contributed by atoms with Crippen molar-refractivity contribution in [1.82, 2.24) is 9.96 Å². The number of Topliss-reactive ketones (excluding diaryl/α,β-unsaturated/α-hetero) is 1. The maximum absolute atomic E-state index is 13.4. The van der Waals surface area contributed by atoms with Crippen molar-refractivity contribution < 1.29 is 19.2 Å². The predicted octanol–water partition coefficient (Wildman–Crippen LogP) is 7.85. The number of ketones is 1. The van der Waals surface area contributed by atoms with Crippen LogP contribution >= 0.6 is 0 Å². The monoisotopic (exact) mass is 622 g/mol. The van der Waals surface area contributed by atoms with E-state index in [4.69, 9.17) is 9.57 Å². The Balaban J connectivity index is 0.877. The van der Waals surface area contributed by atoms with Gasteiger partial charge in [-0.1, -0.05) is 76.2 Å². The lowest BCUT2D eigenvalue weighted by atomic mass is 9.37. The third kappa shape index (κ3) is 3.89. The molecule has 3 unspecified atom stereocenters. The molecule has 46 heavy (non-hydrogen) atoms. The number of hydrogen-bond acceptors (Lipinski definition) is 5. The molecule has 244 valence electrons. The average Bonchev–Trinajstić information content (AvgIpc) is 3.72. The average molecular weight is 623 g/mol. The Labute approximate surface area is 274 Å².